The summed E-state index contributed by atoms with van der Waals surface area (Å²) in [7, 11) is 0. The molecule has 0 saturated heterocycles. The summed E-state index contributed by atoms with van der Waals surface area (Å²) in [6.07, 6.45) is 3.76. The fourth-order valence-corrected chi connectivity index (χ4v) is 2.82. The van der Waals surface area contributed by atoms with Crippen molar-refractivity contribution in [2.24, 2.45) is 0 Å². The van der Waals surface area contributed by atoms with Crippen molar-refractivity contribution in [2.75, 3.05) is 0 Å². The summed E-state index contributed by atoms with van der Waals surface area (Å²) in [6.45, 7) is 0.835. The summed E-state index contributed by atoms with van der Waals surface area (Å²) >= 11 is 8.52. The maximum absolute atomic E-state index is 4.18. The van der Waals surface area contributed by atoms with Crippen LogP contribution in [-0.2, 0) is 6.54 Å². The van der Waals surface area contributed by atoms with E-state index < -0.39 is 0 Å². The minimum atomic E-state index is 0.835. The maximum Gasteiger partial charge on any atom is 0.0753 e. The molecular formula is C8H6Br2N2S. The van der Waals surface area contributed by atoms with Crippen molar-refractivity contribution in [3.05, 3.63) is 37.7 Å². The highest BCUT2D eigenvalue weighted by molar-refractivity contribution is 9.11. The fourth-order valence-electron chi connectivity index (χ4n) is 1.02. The highest BCUT2D eigenvalue weighted by atomic mass is 79.9. The van der Waals surface area contributed by atoms with Gasteiger partial charge in [-0.3, -0.25) is 4.68 Å². The molecule has 0 amide bonds. The first kappa shape index (κ1) is 9.43. The molecule has 2 aromatic rings. The van der Waals surface area contributed by atoms with E-state index in [-0.39, 0.29) is 0 Å². The number of halogens is 2. The first-order chi connectivity index (χ1) is 6.24. The molecular weight excluding hydrogens is 316 g/mol. The zero-order valence-electron chi connectivity index (χ0n) is 6.58. The number of nitrogens with zero attached hydrogens (tertiary/aromatic N) is 2. The molecule has 0 spiro atoms. The lowest BCUT2D eigenvalue weighted by atomic mass is 10.5. The van der Waals surface area contributed by atoms with E-state index in [0.29, 0.717) is 0 Å². The van der Waals surface area contributed by atoms with Crippen LogP contribution < -0.4 is 0 Å². The molecule has 0 aliphatic rings. The van der Waals surface area contributed by atoms with Gasteiger partial charge in [0.05, 0.1) is 21.0 Å². The molecule has 0 radical (unpaired) electrons. The normalized spacial score (nSPS) is 10.6. The second-order valence-electron chi connectivity index (χ2n) is 2.56. The molecule has 0 N–H and O–H groups in total. The van der Waals surface area contributed by atoms with E-state index in [1.165, 1.54) is 4.88 Å². The van der Waals surface area contributed by atoms with E-state index in [9.17, 15) is 0 Å². The summed E-state index contributed by atoms with van der Waals surface area (Å²) in [5.41, 5.74) is 0. The van der Waals surface area contributed by atoms with Crippen LogP contribution in [0.3, 0.4) is 0 Å². The van der Waals surface area contributed by atoms with E-state index in [1.807, 2.05) is 10.9 Å². The Bertz CT molecular complexity index is 369. The third-order valence-electron chi connectivity index (χ3n) is 1.55. The Morgan fingerprint density at radius 3 is 2.77 bits per heavy atom. The van der Waals surface area contributed by atoms with Gasteiger partial charge in [0.15, 0.2) is 0 Å². The van der Waals surface area contributed by atoms with Crippen molar-refractivity contribution >= 4 is 43.2 Å². The fraction of sp³-hybridized carbons (Fsp3) is 0.125. The standard InChI is InChI=1S/C8H6Br2N2S/c9-6-3-11-12(4-6)5-7-1-2-8(10)13-7/h1-4H,5H2. The van der Waals surface area contributed by atoms with Gasteiger partial charge in [0, 0.05) is 11.1 Å². The van der Waals surface area contributed by atoms with Crippen LogP contribution in [0.15, 0.2) is 32.8 Å². The van der Waals surface area contributed by atoms with Gasteiger partial charge in [0.2, 0.25) is 0 Å². The third-order valence-corrected chi connectivity index (χ3v) is 3.57. The quantitative estimate of drug-likeness (QED) is 0.827. The lowest BCUT2D eigenvalue weighted by Crippen LogP contribution is -1.96. The predicted octanol–water partition coefficient (Wildman–Crippen LogP) is 3.52. The van der Waals surface area contributed by atoms with Gasteiger partial charge >= 0.3 is 0 Å². The molecule has 2 heterocycles. The van der Waals surface area contributed by atoms with Crippen LogP contribution in [0.5, 0.6) is 0 Å². The summed E-state index contributed by atoms with van der Waals surface area (Å²) < 4.78 is 4.08. The molecule has 2 rings (SSSR count). The maximum atomic E-state index is 4.18. The molecule has 0 saturated carbocycles. The molecule has 13 heavy (non-hydrogen) atoms. The van der Waals surface area contributed by atoms with Crippen LogP contribution in [0.2, 0.25) is 0 Å². The second-order valence-corrected chi connectivity index (χ2v) is 6.03. The second kappa shape index (κ2) is 3.94. The van der Waals surface area contributed by atoms with Gasteiger partial charge in [0.1, 0.15) is 0 Å². The summed E-state index contributed by atoms with van der Waals surface area (Å²) in [5.74, 6) is 0. The topological polar surface area (TPSA) is 17.8 Å². The number of rotatable bonds is 2. The van der Waals surface area contributed by atoms with Gasteiger partial charge in [-0.15, -0.1) is 11.3 Å². The zero-order valence-corrected chi connectivity index (χ0v) is 10.6. The first-order valence-electron chi connectivity index (χ1n) is 3.66. The van der Waals surface area contributed by atoms with Crippen LogP contribution >= 0.6 is 43.2 Å². The highest BCUT2D eigenvalue weighted by Crippen LogP contribution is 2.22. The van der Waals surface area contributed by atoms with E-state index >= 15 is 0 Å². The van der Waals surface area contributed by atoms with Crippen molar-refractivity contribution in [3.8, 4) is 0 Å². The average Bonchev–Trinajstić information content (AvgIpc) is 2.62. The number of thiophene rings is 1. The predicted molar refractivity (Wildman–Crippen MR) is 61.0 cm³/mol. The van der Waals surface area contributed by atoms with E-state index in [1.54, 1.807) is 17.5 Å². The molecule has 5 heteroatoms. The van der Waals surface area contributed by atoms with Gasteiger partial charge in [-0.05, 0) is 44.0 Å². The van der Waals surface area contributed by atoms with Gasteiger partial charge in [-0.25, -0.2) is 0 Å². The Hall–Kier alpha value is -0.130. The minimum absolute atomic E-state index is 0.835. The van der Waals surface area contributed by atoms with Crippen LogP contribution in [0, 0.1) is 0 Å². The lowest BCUT2D eigenvalue weighted by molar-refractivity contribution is 0.694. The summed E-state index contributed by atoms with van der Waals surface area (Å²) in [4.78, 5) is 1.29. The van der Waals surface area contributed by atoms with Crippen molar-refractivity contribution in [1.82, 2.24) is 9.78 Å². The van der Waals surface area contributed by atoms with Gasteiger partial charge in [-0.1, -0.05) is 0 Å². The van der Waals surface area contributed by atoms with Crippen LogP contribution in [-0.4, -0.2) is 9.78 Å². The van der Waals surface area contributed by atoms with Crippen LogP contribution in [0.1, 0.15) is 4.88 Å². The minimum Gasteiger partial charge on any atom is -0.266 e. The number of hydrogen-bond acceptors (Lipinski definition) is 2. The Balaban J connectivity index is 2.14. The van der Waals surface area contributed by atoms with Gasteiger partial charge < -0.3 is 0 Å². The van der Waals surface area contributed by atoms with Gasteiger partial charge in [0.25, 0.3) is 0 Å². The van der Waals surface area contributed by atoms with Crippen LogP contribution in [0.4, 0.5) is 0 Å². The largest absolute Gasteiger partial charge is 0.266 e. The molecule has 0 atom stereocenters. The molecule has 68 valence electrons. The molecule has 0 aromatic carbocycles. The molecule has 0 unspecified atom stereocenters. The van der Waals surface area contributed by atoms with Crippen molar-refractivity contribution in [3.63, 3.8) is 0 Å². The molecule has 2 aromatic heterocycles. The summed E-state index contributed by atoms with van der Waals surface area (Å²) in [5, 5.41) is 4.18. The van der Waals surface area contributed by atoms with Gasteiger partial charge in [-0.2, -0.15) is 5.10 Å². The van der Waals surface area contributed by atoms with E-state index in [4.69, 9.17) is 0 Å². The van der Waals surface area contributed by atoms with E-state index in [2.05, 4.69) is 49.1 Å². The Kier molecular flexibility index (Phi) is 2.86. The first-order valence-corrected chi connectivity index (χ1v) is 6.06. The Labute approximate surface area is 96.8 Å². The third kappa shape index (κ3) is 2.42. The van der Waals surface area contributed by atoms with Crippen molar-refractivity contribution < 1.29 is 0 Å². The van der Waals surface area contributed by atoms with Crippen LogP contribution in [0.25, 0.3) is 0 Å². The number of aromatic nitrogens is 2. The average molecular weight is 322 g/mol. The van der Waals surface area contributed by atoms with Crippen molar-refractivity contribution in [1.29, 1.82) is 0 Å². The highest BCUT2D eigenvalue weighted by Gasteiger charge is 1.99. The smallest absolute Gasteiger partial charge is 0.0753 e. The molecule has 0 bridgehead atoms. The Morgan fingerprint density at radius 2 is 2.23 bits per heavy atom. The zero-order chi connectivity index (χ0) is 9.26. The molecule has 0 aliphatic heterocycles. The lowest BCUT2D eigenvalue weighted by Gasteiger charge is -1.95. The van der Waals surface area contributed by atoms with Crippen molar-refractivity contribution in [2.45, 2.75) is 6.54 Å². The monoisotopic (exact) mass is 320 g/mol. The Morgan fingerprint density at radius 1 is 1.38 bits per heavy atom. The summed E-state index contributed by atoms with van der Waals surface area (Å²) in [6, 6.07) is 4.16. The molecule has 0 fully saturated rings. The SMILES string of the molecule is Brc1cnn(Cc2ccc(Br)s2)c1. The molecule has 0 aliphatic carbocycles. The molecule has 2 nitrogen and oxygen atoms in total. The van der Waals surface area contributed by atoms with E-state index in [0.717, 1.165) is 14.8 Å². The number of hydrogen-bond donors (Lipinski definition) is 0.